The lowest BCUT2D eigenvalue weighted by Gasteiger charge is -2.18. The molecule has 0 bridgehead atoms. The molecule has 0 saturated carbocycles. The highest BCUT2D eigenvalue weighted by atomic mass is 28.2. The number of benzene rings is 4. The van der Waals surface area contributed by atoms with Gasteiger partial charge in [-0.3, -0.25) is 4.98 Å². The van der Waals surface area contributed by atoms with Crippen LogP contribution in [0.15, 0.2) is 140 Å². The average molecular weight is 497 g/mol. The van der Waals surface area contributed by atoms with E-state index in [1.54, 1.807) is 0 Å². The molecule has 182 valence electrons. The number of imidazole rings is 1. The fourth-order valence-corrected chi connectivity index (χ4v) is 6.52. The summed E-state index contributed by atoms with van der Waals surface area (Å²) in [6, 6.07) is 43.2. The van der Waals surface area contributed by atoms with E-state index in [1.165, 1.54) is 33.6 Å². The molecule has 2 nitrogen and oxygen atoms in total. The van der Waals surface area contributed by atoms with E-state index in [-0.39, 0.29) is 0 Å². The van der Waals surface area contributed by atoms with Crippen LogP contribution < -0.4 is 5.72 Å². The molecule has 5 rings (SSSR count). The highest BCUT2D eigenvalue weighted by molar-refractivity contribution is 6.54. The van der Waals surface area contributed by atoms with Gasteiger partial charge < -0.3 is 4.57 Å². The molecule has 4 aromatic carbocycles. The van der Waals surface area contributed by atoms with Crippen LogP contribution in [0, 0.1) is 0 Å². The molecule has 4 heteroatoms. The van der Waals surface area contributed by atoms with Crippen LogP contribution in [0.3, 0.4) is 0 Å². The fraction of sp³-hybridized carbons (Fsp3) is 0.121. The molecule has 1 atom stereocenters. The van der Waals surface area contributed by atoms with Crippen molar-refractivity contribution in [1.82, 2.24) is 9.55 Å². The van der Waals surface area contributed by atoms with Gasteiger partial charge in [-0.1, -0.05) is 134 Å². The standard InChI is InChI=1S/C33H33BN2Si/c1-26(24-31(27-14-6-2-7-15-27)28-16-8-3-9-17-28)37-25-36-23-22-35-33(36)34-32(29-18-10-4-11-19-29)30-20-12-5-13-21-30/h2-24,26,32,34H,25,37H2,1H3. The Balaban J connectivity index is 1.34. The van der Waals surface area contributed by atoms with Crippen LogP contribution in [0.1, 0.15) is 35.0 Å². The molecule has 0 amide bonds. The van der Waals surface area contributed by atoms with Crippen LogP contribution in [0.25, 0.3) is 5.57 Å². The largest absolute Gasteiger partial charge is 0.347 e. The van der Waals surface area contributed by atoms with Crippen molar-refractivity contribution in [2.45, 2.75) is 24.5 Å². The number of aromatic nitrogens is 2. The van der Waals surface area contributed by atoms with E-state index in [0.29, 0.717) is 11.4 Å². The van der Waals surface area contributed by atoms with Gasteiger partial charge in [-0.2, -0.15) is 0 Å². The van der Waals surface area contributed by atoms with Crippen LogP contribution in [-0.2, 0) is 6.17 Å². The van der Waals surface area contributed by atoms with Gasteiger partial charge in [0, 0.05) is 18.6 Å². The third kappa shape index (κ3) is 6.46. The molecule has 0 radical (unpaired) electrons. The molecule has 0 fully saturated rings. The first-order valence-electron chi connectivity index (χ1n) is 13.2. The Morgan fingerprint density at radius 2 is 1.24 bits per heavy atom. The molecular weight excluding hydrogens is 463 g/mol. The summed E-state index contributed by atoms with van der Waals surface area (Å²) in [5.41, 5.74) is 8.31. The predicted octanol–water partition coefficient (Wildman–Crippen LogP) is 5.80. The lowest BCUT2D eigenvalue weighted by molar-refractivity contribution is 0.887. The predicted molar refractivity (Wildman–Crippen MR) is 162 cm³/mol. The van der Waals surface area contributed by atoms with E-state index in [0.717, 1.165) is 13.4 Å². The minimum Gasteiger partial charge on any atom is -0.347 e. The van der Waals surface area contributed by atoms with Crippen molar-refractivity contribution < 1.29 is 0 Å². The maximum atomic E-state index is 4.81. The summed E-state index contributed by atoms with van der Waals surface area (Å²) < 4.78 is 2.40. The van der Waals surface area contributed by atoms with E-state index in [4.69, 9.17) is 4.98 Å². The van der Waals surface area contributed by atoms with E-state index in [2.05, 4.69) is 145 Å². The first-order chi connectivity index (χ1) is 18.3. The van der Waals surface area contributed by atoms with Crippen LogP contribution >= 0.6 is 0 Å². The van der Waals surface area contributed by atoms with Gasteiger partial charge in [0.15, 0.2) is 0 Å². The number of allylic oxidation sites excluding steroid dienone is 1. The maximum Gasteiger partial charge on any atom is 0.217 e. The summed E-state index contributed by atoms with van der Waals surface area (Å²) in [6.45, 7) is 2.38. The molecule has 0 saturated heterocycles. The molecule has 0 N–H and O–H groups in total. The molecule has 1 heterocycles. The van der Waals surface area contributed by atoms with Gasteiger partial charge in [0.2, 0.25) is 7.28 Å². The van der Waals surface area contributed by atoms with Crippen molar-refractivity contribution in [1.29, 1.82) is 0 Å². The molecule has 1 aromatic heterocycles. The van der Waals surface area contributed by atoms with Gasteiger partial charge >= 0.3 is 0 Å². The monoisotopic (exact) mass is 496 g/mol. The van der Waals surface area contributed by atoms with E-state index < -0.39 is 9.52 Å². The molecule has 0 aliphatic rings. The second-order valence-electron chi connectivity index (χ2n) is 9.69. The molecule has 0 aliphatic carbocycles. The van der Waals surface area contributed by atoms with Gasteiger partial charge in [-0.25, -0.2) is 0 Å². The van der Waals surface area contributed by atoms with Crippen molar-refractivity contribution in [2.24, 2.45) is 0 Å². The van der Waals surface area contributed by atoms with Crippen molar-refractivity contribution in [3.8, 4) is 0 Å². The number of hydrogen-bond acceptors (Lipinski definition) is 1. The van der Waals surface area contributed by atoms with Gasteiger partial charge in [0.1, 0.15) is 0 Å². The average Bonchev–Trinajstić information content (AvgIpc) is 3.42. The van der Waals surface area contributed by atoms with E-state index in [1.807, 2.05) is 6.20 Å². The lowest BCUT2D eigenvalue weighted by atomic mass is 9.58. The molecular formula is C33H33BN2Si. The Morgan fingerprint density at radius 1 is 0.757 bits per heavy atom. The maximum absolute atomic E-state index is 4.81. The van der Waals surface area contributed by atoms with Crippen LogP contribution in [0.4, 0.5) is 0 Å². The SMILES string of the molecule is CC(C=C(c1ccccc1)c1ccccc1)[SiH2]Cn1ccnc1BC(c1ccccc1)c1ccccc1. The Labute approximate surface area is 223 Å². The van der Waals surface area contributed by atoms with Crippen molar-refractivity contribution in [3.63, 3.8) is 0 Å². The second-order valence-corrected chi connectivity index (χ2v) is 12.0. The highest BCUT2D eigenvalue weighted by Gasteiger charge is 2.19. The summed E-state index contributed by atoms with van der Waals surface area (Å²) in [5, 5.41) is 0. The van der Waals surface area contributed by atoms with E-state index in [9.17, 15) is 0 Å². The first-order valence-corrected chi connectivity index (χ1v) is 15.0. The number of rotatable bonds is 10. The topological polar surface area (TPSA) is 17.8 Å². The van der Waals surface area contributed by atoms with Crippen LogP contribution in [0.2, 0.25) is 5.54 Å². The highest BCUT2D eigenvalue weighted by Crippen LogP contribution is 2.26. The number of nitrogens with zero attached hydrogens (tertiary/aromatic N) is 2. The van der Waals surface area contributed by atoms with Gasteiger partial charge in [0.05, 0.1) is 15.2 Å². The van der Waals surface area contributed by atoms with Crippen LogP contribution in [-0.4, -0.2) is 26.4 Å². The van der Waals surface area contributed by atoms with Crippen molar-refractivity contribution >= 4 is 28.1 Å². The molecule has 1 unspecified atom stereocenters. The summed E-state index contributed by atoms with van der Waals surface area (Å²) in [5.74, 6) is 0.297. The Bertz CT molecular complexity index is 1320. The molecule has 37 heavy (non-hydrogen) atoms. The van der Waals surface area contributed by atoms with Gasteiger partial charge in [0.25, 0.3) is 0 Å². The van der Waals surface area contributed by atoms with E-state index >= 15 is 0 Å². The zero-order chi connectivity index (χ0) is 25.3. The fourth-order valence-electron chi connectivity index (χ4n) is 5.02. The minimum atomic E-state index is -0.420. The third-order valence-electron chi connectivity index (χ3n) is 7.04. The normalized spacial score (nSPS) is 12.1. The summed E-state index contributed by atoms with van der Waals surface area (Å²) >= 11 is 0. The van der Waals surface area contributed by atoms with Crippen molar-refractivity contribution in [2.75, 3.05) is 0 Å². The molecule has 5 aromatic rings. The molecule has 0 aliphatic heterocycles. The zero-order valence-electron chi connectivity index (χ0n) is 21.4. The van der Waals surface area contributed by atoms with Crippen molar-refractivity contribution in [3.05, 3.63) is 162 Å². The minimum absolute atomic E-state index is 0.297. The Morgan fingerprint density at radius 3 is 1.76 bits per heavy atom. The zero-order valence-corrected chi connectivity index (χ0v) is 22.9. The van der Waals surface area contributed by atoms with Gasteiger partial charge in [-0.05, 0) is 39.2 Å². The summed E-state index contributed by atoms with van der Waals surface area (Å²) in [4.78, 5) is 4.81. The summed E-state index contributed by atoms with van der Waals surface area (Å²) in [6.07, 6.45) is 7.71. The molecule has 0 spiro atoms. The Hall–Kier alpha value is -3.89. The Kier molecular flexibility index (Phi) is 8.29. The smallest absolute Gasteiger partial charge is 0.217 e. The summed E-state index contributed by atoms with van der Waals surface area (Å²) in [7, 11) is 0.482. The van der Waals surface area contributed by atoms with Crippen LogP contribution in [0.5, 0.6) is 0 Å². The second kappa shape index (κ2) is 12.4. The third-order valence-corrected chi connectivity index (χ3v) is 8.92. The number of hydrogen-bond donors (Lipinski definition) is 0. The quantitative estimate of drug-likeness (QED) is 0.224. The first kappa shape index (κ1) is 24.8. The lowest BCUT2D eigenvalue weighted by Crippen LogP contribution is -2.33. The van der Waals surface area contributed by atoms with Gasteiger partial charge in [-0.15, -0.1) is 0 Å².